The summed E-state index contributed by atoms with van der Waals surface area (Å²) in [7, 11) is 4.78. The fraction of sp³-hybridized carbons (Fsp3) is 0.400. The van der Waals surface area contributed by atoms with Crippen LogP contribution in [0.1, 0.15) is 135 Å². The first-order valence-corrected chi connectivity index (χ1v) is 37.2. The average Bonchev–Trinajstić information content (AvgIpc) is 1.68. The van der Waals surface area contributed by atoms with Gasteiger partial charge in [-0.05, 0) is 141 Å². The number of ether oxygens (including phenoxy) is 1. The minimum absolute atomic E-state index is 0.118. The molecule has 10 amide bonds. The molecule has 2 saturated heterocycles. The quantitative estimate of drug-likeness (QED) is 0.0208. The Kier molecular flexibility index (Phi) is 26.8. The summed E-state index contributed by atoms with van der Waals surface area (Å²) in [6.07, 6.45) is 24.8. The molecule has 4 aliphatic heterocycles. The highest BCUT2D eigenvalue weighted by atomic mass is 79.9. The fourth-order valence-electron chi connectivity index (χ4n) is 14.5. The third-order valence-corrected chi connectivity index (χ3v) is 22.3. The molecule has 2 aliphatic carbocycles. The summed E-state index contributed by atoms with van der Waals surface area (Å²) < 4.78 is 5.32. The van der Waals surface area contributed by atoms with Crippen LogP contribution in [-0.2, 0) is 47.4 Å². The molecule has 4 N–H and O–H groups in total. The first kappa shape index (κ1) is 74.5. The number of fused-ring (bicyclic) bond motifs is 2. The highest BCUT2D eigenvalue weighted by Crippen LogP contribution is 2.36. The van der Waals surface area contributed by atoms with Crippen molar-refractivity contribution in [2.45, 2.75) is 130 Å². The molecule has 0 saturated carbocycles. The molecule has 6 aliphatic rings. The number of alkyl halides is 1. The van der Waals surface area contributed by atoms with Crippen LogP contribution in [0.2, 0.25) is 0 Å². The molecular weight excluding hydrogens is 1360 g/mol. The van der Waals surface area contributed by atoms with E-state index in [1.807, 2.05) is 109 Å². The van der Waals surface area contributed by atoms with E-state index in [2.05, 4.69) is 61.5 Å². The first-order chi connectivity index (χ1) is 49.0. The van der Waals surface area contributed by atoms with Crippen LogP contribution in [0, 0.1) is 23.7 Å². The zero-order valence-electron chi connectivity index (χ0n) is 57.6. The summed E-state index contributed by atoms with van der Waals surface area (Å²) in [5.74, 6) is -0.643. The number of carbonyl (C=O) groups is 10. The number of unbranched alkanes of at least 4 members (excludes halogenated alkanes) is 2. The number of nitrogens with zero attached hydrogens (tertiary/aromatic N) is 4. The number of allylic oxidation sites excluding steroid dienone is 8. The Bertz CT molecular complexity index is 3830. The number of amides is 10. The Labute approximate surface area is 604 Å². The van der Waals surface area contributed by atoms with Crippen molar-refractivity contribution < 1.29 is 52.7 Å². The van der Waals surface area contributed by atoms with Crippen LogP contribution in [0.25, 0.3) is 0 Å². The number of likely N-dealkylation sites (N-methyl/N-ethyl adjacent to an activating group) is 2. The van der Waals surface area contributed by atoms with E-state index in [9.17, 15) is 47.9 Å². The van der Waals surface area contributed by atoms with Crippen molar-refractivity contribution in [3.63, 3.8) is 0 Å². The second-order valence-electron chi connectivity index (χ2n) is 26.5. The lowest BCUT2D eigenvalue weighted by atomic mass is 9.81. The van der Waals surface area contributed by atoms with Crippen LogP contribution in [-0.4, -0.2) is 160 Å². The molecule has 0 radical (unpaired) electrons. The number of nitrogens with one attached hydrogen (secondary N) is 4. The van der Waals surface area contributed by atoms with E-state index in [-0.39, 0.29) is 95.8 Å². The number of methoxy groups -OCH3 is 1. The SMILES string of the molecule is CNC(=O)[C@H](Cc1ccccc1)N1CCC([C@H]2C=CC=CC2)CC(NC(=O)C(Br)CCCCN2C(=O)c3ccccc3C2=O)C1=O.CNC(=O)[C@H](Cc1ccccc1)N1CCC([C@H]2C=CC=CC2)CC(NC(=O)C(CCCCN2C(=O)c3ccccc3C2=O)SCc2ccc(OC)cc2)C1=O. The number of carbonyl (C=O) groups excluding carboxylic acids is 10. The van der Waals surface area contributed by atoms with Crippen molar-refractivity contribution in [1.82, 2.24) is 40.9 Å². The average molecular weight is 1450 g/mol. The maximum atomic E-state index is 14.6. The number of imide groups is 2. The summed E-state index contributed by atoms with van der Waals surface area (Å²) in [5, 5.41) is 11.2. The van der Waals surface area contributed by atoms with Gasteiger partial charge in [-0.25, -0.2) is 0 Å². The maximum Gasteiger partial charge on any atom is 0.261 e. The molecule has 2 fully saturated rings. The van der Waals surface area contributed by atoms with Crippen LogP contribution >= 0.6 is 27.7 Å². The van der Waals surface area contributed by atoms with Crippen LogP contribution in [0.4, 0.5) is 0 Å². The van der Waals surface area contributed by atoms with Gasteiger partial charge in [0.05, 0.1) is 39.4 Å². The lowest BCUT2D eigenvalue weighted by molar-refractivity contribution is -0.142. The second-order valence-corrected chi connectivity index (χ2v) is 28.8. The van der Waals surface area contributed by atoms with Gasteiger partial charge in [-0.1, -0.05) is 174 Å². The van der Waals surface area contributed by atoms with Crippen LogP contribution in [0.5, 0.6) is 5.75 Å². The lowest BCUT2D eigenvalue weighted by Gasteiger charge is -2.32. The Morgan fingerprint density at radius 1 is 0.505 bits per heavy atom. The van der Waals surface area contributed by atoms with Crippen LogP contribution in [0.3, 0.4) is 0 Å². The molecule has 0 bridgehead atoms. The Morgan fingerprint density at radius 2 is 0.921 bits per heavy atom. The topological polar surface area (TPSA) is 241 Å². The Morgan fingerprint density at radius 3 is 1.33 bits per heavy atom. The van der Waals surface area contributed by atoms with Crippen molar-refractivity contribution in [2.75, 3.05) is 47.4 Å². The highest BCUT2D eigenvalue weighted by molar-refractivity contribution is 9.10. The zero-order chi connectivity index (χ0) is 71.4. The van der Waals surface area contributed by atoms with Gasteiger partial charge in [0.1, 0.15) is 29.9 Å². The number of benzene rings is 5. The molecule has 530 valence electrons. The minimum Gasteiger partial charge on any atom is -0.497 e. The number of hydrogen-bond donors (Lipinski definition) is 4. The summed E-state index contributed by atoms with van der Waals surface area (Å²) in [4.78, 5) is 140. The number of thioether (sulfide) groups is 1. The molecule has 6 unspecified atom stereocenters. The molecule has 10 atom stereocenters. The van der Waals surface area contributed by atoms with Gasteiger partial charge in [0.15, 0.2) is 0 Å². The van der Waals surface area contributed by atoms with Gasteiger partial charge in [0.2, 0.25) is 35.4 Å². The van der Waals surface area contributed by atoms with Crippen LogP contribution in [0.15, 0.2) is 182 Å². The molecule has 0 aromatic heterocycles. The van der Waals surface area contributed by atoms with Crippen molar-refractivity contribution >= 4 is 86.8 Å². The van der Waals surface area contributed by atoms with Crippen molar-refractivity contribution in [1.29, 1.82) is 0 Å². The van der Waals surface area contributed by atoms with Gasteiger partial charge in [0, 0.05) is 58.9 Å². The van der Waals surface area contributed by atoms with Crippen molar-refractivity contribution in [3.8, 4) is 5.75 Å². The van der Waals surface area contributed by atoms with E-state index in [4.69, 9.17) is 4.74 Å². The maximum absolute atomic E-state index is 14.6. The first-order valence-electron chi connectivity index (χ1n) is 35.2. The van der Waals surface area contributed by atoms with E-state index < -0.39 is 34.2 Å². The highest BCUT2D eigenvalue weighted by Gasteiger charge is 2.43. The van der Waals surface area contributed by atoms with Crippen molar-refractivity contribution in [3.05, 3.63) is 221 Å². The molecule has 19 nitrogen and oxygen atoms in total. The molecular formula is C80H91BrN8O11S. The van der Waals surface area contributed by atoms with Crippen LogP contribution < -0.4 is 26.0 Å². The smallest absolute Gasteiger partial charge is 0.261 e. The van der Waals surface area contributed by atoms with Gasteiger partial charge in [-0.2, -0.15) is 0 Å². The molecule has 0 spiro atoms. The summed E-state index contributed by atoms with van der Waals surface area (Å²) in [6.45, 7) is 1.36. The summed E-state index contributed by atoms with van der Waals surface area (Å²) in [5.41, 5.74) is 4.61. The van der Waals surface area contributed by atoms with E-state index >= 15 is 0 Å². The van der Waals surface area contributed by atoms with E-state index in [1.165, 1.54) is 21.6 Å². The predicted molar refractivity (Wildman–Crippen MR) is 394 cm³/mol. The predicted octanol–water partition coefficient (Wildman–Crippen LogP) is 10.4. The molecule has 21 heteroatoms. The van der Waals surface area contributed by atoms with Crippen molar-refractivity contribution in [2.24, 2.45) is 23.7 Å². The molecule has 5 aromatic rings. The summed E-state index contributed by atoms with van der Waals surface area (Å²) >= 11 is 5.02. The fourth-order valence-corrected chi connectivity index (χ4v) is 16.0. The van der Waals surface area contributed by atoms with E-state index in [1.54, 1.807) is 79.5 Å². The number of hydrogen-bond acceptors (Lipinski definition) is 12. The Balaban J connectivity index is 0.000000221. The van der Waals surface area contributed by atoms with E-state index in [0.29, 0.717) is 112 Å². The number of rotatable bonds is 28. The molecule has 4 heterocycles. The standard InChI is InChI=1S/C44H50N4O6S.C36H41BrN4O5/c1-45-40(49)38(27-30-13-5-3-6-14-30)47-26-24-33(32-15-7-4-8-16-32)28-37(44(47)53)46-41(50)39(55-29-31-20-22-34(54-2)23-21-31)19-11-12-25-48-42(51)35-17-9-10-18-36(35)43(48)52;1-38-33(43)31(22-24-12-4-2-5-13-24)40-21-19-26(25-14-6-3-7-15-25)23-30(36(40)46)39-32(42)29(37)18-10-11-20-41-34(44)27-16-8-9-17-28(27)35(41)45/h3-10,13-15,17-18,20-23,32-33,37-39H,11-12,16,19,24-29H2,1-2H3,(H,45,49)(H,46,50);2-9,12-14,16-17,25-26,29-31H,10-11,15,18-23H2,1H3,(H,38,43)(H,39,42)/t32-,33?,37?,38-,39?;25-,26?,29?,30?,31-/m00/s1. The Hall–Kier alpha value is -9.21. The van der Waals surface area contributed by atoms with Gasteiger partial charge < -0.3 is 35.8 Å². The van der Waals surface area contributed by atoms with Gasteiger partial charge in [0.25, 0.3) is 23.6 Å². The lowest BCUT2D eigenvalue weighted by Crippen LogP contribution is -2.56. The molecule has 101 heavy (non-hydrogen) atoms. The zero-order valence-corrected chi connectivity index (χ0v) is 60.0. The normalized spacial score (nSPS) is 21.3. The molecule has 11 rings (SSSR count). The van der Waals surface area contributed by atoms with Gasteiger partial charge in [-0.3, -0.25) is 57.7 Å². The third-order valence-electron chi connectivity index (χ3n) is 20.1. The number of halogens is 1. The minimum atomic E-state index is -0.815. The summed E-state index contributed by atoms with van der Waals surface area (Å²) in [6, 6.07) is 37.7. The monoisotopic (exact) mass is 1450 g/mol. The molecule has 5 aromatic carbocycles. The third kappa shape index (κ3) is 19.1. The number of likely N-dealkylation sites (tertiary alicyclic amines) is 2. The van der Waals surface area contributed by atoms with Gasteiger partial charge in [-0.15, -0.1) is 11.8 Å². The van der Waals surface area contributed by atoms with Gasteiger partial charge >= 0.3 is 0 Å². The largest absolute Gasteiger partial charge is 0.497 e. The second kappa shape index (κ2) is 36.4. The van der Waals surface area contributed by atoms with E-state index in [0.717, 1.165) is 41.7 Å².